The van der Waals surface area contributed by atoms with E-state index in [9.17, 15) is 14.3 Å². The van der Waals surface area contributed by atoms with Crippen LogP contribution in [0.1, 0.15) is 32.1 Å². The molecule has 0 aromatic heterocycles. The first-order valence-electron chi connectivity index (χ1n) is 7.68. The molecule has 0 radical (unpaired) electrons. The van der Waals surface area contributed by atoms with Crippen molar-refractivity contribution in [2.75, 3.05) is 6.61 Å². The largest absolute Gasteiger partial charge is 0.484 e. The van der Waals surface area contributed by atoms with Gasteiger partial charge in [0, 0.05) is 17.1 Å². The summed E-state index contributed by atoms with van der Waals surface area (Å²) in [5.74, 6) is -0.642. The molecule has 3 saturated carbocycles. The number of benzene rings is 1. The maximum atomic E-state index is 13.3. The zero-order valence-electron chi connectivity index (χ0n) is 12.6. The number of aliphatic hydroxyl groups is 1. The van der Waals surface area contributed by atoms with Crippen LogP contribution in [0.4, 0.5) is 4.39 Å². The second-order valence-corrected chi connectivity index (χ2v) is 7.05. The van der Waals surface area contributed by atoms with Gasteiger partial charge in [0.2, 0.25) is 0 Å². The van der Waals surface area contributed by atoms with E-state index >= 15 is 0 Å². The molecule has 126 valence electrons. The number of fused-ring (bicyclic) bond motifs is 3. The third-order valence-electron chi connectivity index (χ3n) is 5.05. The Bertz CT molecular complexity index is 617. The smallest absolute Gasteiger partial charge is 0.258 e. The van der Waals surface area contributed by atoms with E-state index in [1.165, 1.54) is 12.1 Å². The molecule has 1 atom stereocenters. The van der Waals surface area contributed by atoms with Gasteiger partial charge in [-0.2, -0.15) is 0 Å². The number of carbonyl (C=O) groups excluding carboxylic acids is 1. The molecule has 0 heterocycles. The number of rotatable bonds is 4. The van der Waals surface area contributed by atoms with Crippen molar-refractivity contribution in [3.05, 3.63) is 29.0 Å². The molecule has 1 aromatic carbocycles. The molecule has 23 heavy (non-hydrogen) atoms. The molecule has 0 unspecified atom stereocenters. The number of carbonyl (C=O) groups is 1. The van der Waals surface area contributed by atoms with Crippen molar-refractivity contribution in [2.24, 2.45) is 5.73 Å². The molecule has 3 fully saturated rings. The molecule has 3 aliphatic carbocycles. The van der Waals surface area contributed by atoms with E-state index in [4.69, 9.17) is 22.1 Å². The molecular formula is C16H20ClFN2O3. The first-order valence-corrected chi connectivity index (χ1v) is 8.06. The van der Waals surface area contributed by atoms with Crippen molar-refractivity contribution in [2.45, 2.75) is 49.3 Å². The summed E-state index contributed by atoms with van der Waals surface area (Å²) < 4.78 is 18.6. The van der Waals surface area contributed by atoms with Crippen LogP contribution in [0.15, 0.2) is 18.2 Å². The second kappa shape index (κ2) is 5.92. The van der Waals surface area contributed by atoms with E-state index < -0.39 is 23.0 Å². The van der Waals surface area contributed by atoms with Crippen LogP contribution in [-0.4, -0.2) is 34.8 Å². The third-order valence-corrected chi connectivity index (χ3v) is 5.36. The summed E-state index contributed by atoms with van der Waals surface area (Å²) in [5, 5.41) is 13.1. The summed E-state index contributed by atoms with van der Waals surface area (Å²) in [6.07, 6.45) is 2.75. The third kappa shape index (κ3) is 3.29. The summed E-state index contributed by atoms with van der Waals surface area (Å²) in [6, 6.07) is 4.02. The van der Waals surface area contributed by atoms with Gasteiger partial charge in [-0.05, 0) is 44.2 Å². The Labute approximate surface area is 138 Å². The van der Waals surface area contributed by atoms with Gasteiger partial charge in [-0.1, -0.05) is 11.6 Å². The molecule has 2 bridgehead atoms. The summed E-state index contributed by atoms with van der Waals surface area (Å²) >= 11 is 5.59. The minimum Gasteiger partial charge on any atom is -0.484 e. The van der Waals surface area contributed by atoms with Crippen LogP contribution in [-0.2, 0) is 4.79 Å². The van der Waals surface area contributed by atoms with Crippen molar-refractivity contribution in [3.8, 4) is 5.75 Å². The molecule has 3 aliphatic rings. The number of ether oxygens (including phenoxy) is 1. The first kappa shape index (κ1) is 16.5. The van der Waals surface area contributed by atoms with Crippen molar-refractivity contribution in [1.29, 1.82) is 0 Å². The summed E-state index contributed by atoms with van der Waals surface area (Å²) in [5.41, 5.74) is 5.24. The second-order valence-electron chi connectivity index (χ2n) is 6.65. The van der Waals surface area contributed by atoms with E-state index in [0.717, 1.165) is 18.9 Å². The predicted octanol–water partition coefficient (Wildman–Crippen LogP) is 1.75. The van der Waals surface area contributed by atoms with Crippen LogP contribution in [0.5, 0.6) is 5.75 Å². The number of nitrogens with two attached hydrogens (primary N) is 1. The highest BCUT2D eigenvalue weighted by atomic mass is 35.5. The van der Waals surface area contributed by atoms with Gasteiger partial charge < -0.3 is 20.9 Å². The van der Waals surface area contributed by atoms with Crippen molar-refractivity contribution in [3.63, 3.8) is 0 Å². The lowest BCUT2D eigenvalue weighted by molar-refractivity contribution is -0.128. The van der Waals surface area contributed by atoms with Gasteiger partial charge in [0.05, 0.1) is 11.1 Å². The lowest BCUT2D eigenvalue weighted by atomic mass is 9.60. The lowest BCUT2D eigenvalue weighted by Gasteiger charge is -2.54. The van der Waals surface area contributed by atoms with Gasteiger partial charge in [0.25, 0.3) is 5.91 Å². The highest BCUT2D eigenvalue weighted by Crippen LogP contribution is 2.45. The first-order chi connectivity index (χ1) is 10.8. The van der Waals surface area contributed by atoms with Gasteiger partial charge >= 0.3 is 0 Å². The number of amides is 1. The fourth-order valence-corrected chi connectivity index (χ4v) is 3.65. The van der Waals surface area contributed by atoms with Gasteiger partial charge in [0.1, 0.15) is 11.6 Å². The maximum absolute atomic E-state index is 13.3. The molecule has 0 aliphatic heterocycles. The van der Waals surface area contributed by atoms with Crippen LogP contribution in [0, 0.1) is 5.82 Å². The summed E-state index contributed by atoms with van der Waals surface area (Å²) in [6.45, 7) is -0.216. The molecular weight excluding hydrogens is 323 g/mol. The highest BCUT2D eigenvalue weighted by Gasteiger charge is 2.52. The van der Waals surface area contributed by atoms with Crippen LogP contribution < -0.4 is 15.8 Å². The van der Waals surface area contributed by atoms with Crippen molar-refractivity contribution < 1.29 is 19.0 Å². The minimum atomic E-state index is -0.600. The zero-order chi connectivity index (χ0) is 16.7. The highest BCUT2D eigenvalue weighted by molar-refractivity contribution is 6.30. The monoisotopic (exact) mass is 342 g/mol. The van der Waals surface area contributed by atoms with E-state index in [0.29, 0.717) is 19.3 Å². The van der Waals surface area contributed by atoms with Crippen molar-refractivity contribution in [1.82, 2.24) is 5.32 Å². The Morgan fingerprint density at radius 2 is 2.13 bits per heavy atom. The molecule has 0 spiro atoms. The molecule has 1 amide bonds. The van der Waals surface area contributed by atoms with E-state index in [2.05, 4.69) is 5.32 Å². The van der Waals surface area contributed by atoms with Gasteiger partial charge in [0.15, 0.2) is 6.61 Å². The van der Waals surface area contributed by atoms with E-state index in [1.54, 1.807) is 0 Å². The number of nitrogens with one attached hydrogen (secondary N) is 1. The van der Waals surface area contributed by atoms with Crippen LogP contribution >= 0.6 is 11.6 Å². The zero-order valence-corrected chi connectivity index (χ0v) is 13.4. The molecule has 0 saturated heterocycles. The van der Waals surface area contributed by atoms with Gasteiger partial charge in [-0.25, -0.2) is 4.39 Å². The lowest BCUT2D eigenvalue weighted by Crippen LogP contribution is -2.68. The molecule has 7 heteroatoms. The Morgan fingerprint density at radius 3 is 2.74 bits per heavy atom. The average molecular weight is 343 g/mol. The van der Waals surface area contributed by atoms with Crippen LogP contribution in [0.2, 0.25) is 5.02 Å². The fourth-order valence-electron chi connectivity index (χ4n) is 3.53. The van der Waals surface area contributed by atoms with Crippen LogP contribution in [0.3, 0.4) is 0 Å². The summed E-state index contributed by atoms with van der Waals surface area (Å²) in [7, 11) is 0. The number of hydrogen-bond donors (Lipinski definition) is 3. The Hall–Kier alpha value is -1.37. The molecule has 5 nitrogen and oxygen atoms in total. The quantitative estimate of drug-likeness (QED) is 0.778. The Balaban J connectivity index is 1.56. The Morgan fingerprint density at radius 1 is 1.43 bits per heavy atom. The SMILES string of the molecule is NC12CCC(NC(=O)COc3ccc(Cl)c(F)c3)(CC1)C[C@H]2O. The molecule has 4 rings (SSSR count). The minimum absolute atomic E-state index is 0.00403. The fraction of sp³-hybridized carbons (Fsp3) is 0.562. The normalized spacial score (nSPS) is 32.6. The van der Waals surface area contributed by atoms with Gasteiger partial charge in [-0.3, -0.25) is 4.79 Å². The maximum Gasteiger partial charge on any atom is 0.258 e. The van der Waals surface area contributed by atoms with E-state index in [1.807, 2.05) is 0 Å². The predicted molar refractivity (Wildman–Crippen MR) is 83.8 cm³/mol. The number of hydrogen-bond acceptors (Lipinski definition) is 4. The summed E-state index contributed by atoms with van der Waals surface area (Å²) in [4.78, 5) is 12.1. The number of aliphatic hydroxyl groups excluding tert-OH is 1. The van der Waals surface area contributed by atoms with Crippen LogP contribution in [0.25, 0.3) is 0 Å². The molecule has 4 N–H and O–H groups in total. The number of halogens is 2. The average Bonchev–Trinajstić information content (AvgIpc) is 2.51. The topological polar surface area (TPSA) is 84.6 Å². The standard InChI is InChI=1S/C16H20ClFN2O3/c17-11-2-1-10(7-12(11)18)23-9-14(22)20-15-3-5-16(19,6-4-15)13(21)8-15/h1-2,7,13,21H,3-6,8-9,19H2,(H,20,22)/t13-,15?,16?/m1/s1. The molecule has 1 aromatic rings. The Kier molecular flexibility index (Phi) is 4.25. The van der Waals surface area contributed by atoms with E-state index in [-0.39, 0.29) is 23.3 Å². The van der Waals surface area contributed by atoms with Gasteiger partial charge in [-0.15, -0.1) is 0 Å². The van der Waals surface area contributed by atoms with Crippen molar-refractivity contribution >= 4 is 17.5 Å².